The Balaban J connectivity index is 2.43. The van der Waals surface area contributed by atoms with Crippen molar-refractivity contribution in [2.75, 3.05) is 0 Å². The number of hydrogen-bond donors (Lipinski definition) is 2. The Morgan fingerprint density at radius 3 is 2.30 bits per heavy atom. The molecule has 2 nitrogen and oxygen atoms in total. The molecule has 0 aromatic rings. The summed E-state index contributed by atoms with van der Waals surface area (Å²) in [6, 6.07) is 0. The minimum Gasteiger partial charge on any atom is -0.509 e. The van der Waals surface area contributed by atoms with E-state index in [9.17, 15) is 0 Å². The summed E-state index contributed by atoms with van der Waals surface area (Å²) in [6.07, 6.45) is 3.90. The van der Waals surface area contributed by atoms with Crippen LogP contribution in [-0.4, -0.2) is 10.2 Å². The molecule has 2 heteroatoms. The standard InChI is InChI=1S/C8H12O2/c1-2-3-6-4-7(9)8(10)5-6/h2,6,9-10H,1,3-5H2. The van der Waals surface area contributed by atoms with E-state index in [1.807, 2.05) is 6.08 Å². The second kappa shape index (κ2) is 2.78. The van der Waals surface area contributed by atoms with E-state index in [1.54, 1.807) is 0 Å². The van der Waals surface area contributed by atoms with E-state index in [2.05, 4.69) is 6.58 Å². The normalized spacial score (nSPS) is 20.0. The van der Waals surface area contributed by atoms with Crippen LogP contribution >= 0.6 is 0 Å². The molecule has 0 bridgehead atoms. The molecule has 0 aromatic heterocycles. The molecule has 0 saturated carbocycles. The van der Waals surface area contributed by atoms with Crippen molar-refractivity contribution in [3.05, 3.63) is 24.2 Å². The van der Waals surface area contributed by atoms with Gasteiger partial charge in [-0.2, -0.15) is 0 Å². The van der Waals surface area contributed by atoms with Gasteiger partial charge < -0.3 is 10.2 Å². The van der Waals surface area contributed by atoms with E-state index < -0.39 is 0 Å². The first-order valence-corrected chi connectivity index (χ1v) is 3.45. The summed E-state index contributed by atoms with van der Waals surface area (Å²) < 4.78 is 0. The highest BCUT2D eigenvalue weighted by Crippen LogP contribution is 2.30. The van der Waals surface area contributed by atoms with Crippen molar-refractivity contribution < 1.29 is 10.2 Å². The lowest BCUT2D eigenvalue weighted by Crippen LogP contribution is -1.91. The third-order valence-corrected chi connectivity index (χ3v) is 1.80. The molecule has 0 unspecified atom stereocenters. The third-order valence-electron chi connectivity index (χ3n) is 1.80. The predicted molar refractivity (Wildman–Crippen MR) is 39.8 cm³/mol. The fourth-order valence-corrected chi connectivity index (χ4v) is 1.26. The molecule has 56 valence electrons. The summed E-state index contributed by atoms with van der Waals surface area (Å²) in [5.74, 6) is 0.691. The molecule has 1 aliphatic rings. The quantitative estimate of drug-likeness (QED) is 0.578. The average Bonchev–Trinajstić information content (AvgIpc) is 2.14. The smallest absolute Gasteiger partial charge is 0.130 e. The molecule has 0 fully saturated rings. The van der Waals surface area contributed by atoms with Gasteiger partial charge in [0.25, 0.3) is 0 Å². The molecule has 1 rings (SSSR count). The van der Waals surface area contributed by atoms with Gasteiger partial charge in [0.2, 0.25) is 0 Å². The Labute approximate surface area is 60.5 Å². The Hall–Kier alpha value is -0.920. The van der Waals surface area contributed by atoms with Crippen LogP contribution in [0.3, 0.4) is 0 Å². The average molecular weight is 140 g/mol. The van der Waals surface area contributed by atoms with E-state index >= 15 is 0 Å². The second-order valence-electron chi connectivity index (χ2n) is 2.69. The molecular weight excluding hydrogens is 128 g/mol. The summed E-state index contributed by atoms with van der Waals surface area (Å²) in [5, 5.41) is 18.0. The van der Waals surface area contributed by atoms with Crippen LogP contribution in [0.5, 0.6) is 0 Å². The zero-order chi connectivity index (χ0) is 7.56. The van der Waals surface area contributed by atoms with Crippen LogP contribution in [0.2, 0.25) is 0 Å². The largest absolute Gasteiger partial charge is 0.509 e. The monoisotopic (exact) mass is 140 g/mol. The van der Waals surface area contributed by atoms with E-state index in [0.717, 1.165) is 6.42 Å². The Kier molecular flexibility index (Phi) is 2.00. The van der Waals surface area contributed by atoms with Gasteiger partial charge in [-0.25, -0.2) is 0 Å². The first-order valence-electron chi connectivity index (χ1n) is 3.45. The van der Waals surface area contributed by atoms with Crippen LogP contribution in [0, 0.1) is 5.92 Å². The highest BCUT2D eigenvalue weighted by Gasteiger charge is 2.21. The molecule has 0 aromatic carbocycles. The summed E-state index contributed by atoms with van der Waals surface area (Å²) >= 11 is 0. The number of hydrogen-bond acceptors (Lipinski definition) is 2. The lowest BCUT2D eigenvalue weighted by molar-refractivity contribution is 0.328. The molecular formula is C8H12O2. The van der Waals surface area contributed by atoms with Crippen LogP contribution in [0.25, 0.3) is 0 Å². The van der Waals surface area contributed by atoms with Crippen LogP contribution in [0.15, 0.2) is 24.2 Å². The third kappa shape index (κ3) is 1.32. The van der Waals surface area contributed by atoms with Gasteiger partial charge in [0.05, 0.1) is 0 Å². The second-order valence-corrected chi connectivity index (χ2v) is 2.69. The number of aliphatic hydroxyl groups excluding tert-OH is 2. The number of allylic oxidation sites excluding steroid dienone is 3. The minimum absolute atomic E-state index is 0.159. The first-order chi connectivity index (χ1) is 4.74. The van der Waals surface area contributed by atoms with Crippen molar-refractivity contribution >= 4 is 0 Å². The van der Waals surface area contributed by atoms with E-state index in [1.165, 1.54) is 0 Å². The Bertz CT molecular complexity index is 156. The molecule has 0 aliphatic heterocycles. The summed E-state index contributed by atoms with van der Waals surface area (Å²) in [7, 11) is 0. The van der Waals surface area contributed by atoms with Crippen molar-refractivity contribution in [2.24, 2.45) is 5.92 Å². The Morgan fingerprint density at radius 2 is 1.90 bits per heavy atom. The lowest BCUT2D eigenvalue weighted by atomic mass is 10.0. The highest BCUT2D eigenvalue weighted by atomic mass is 16.3. The summed E-state index contributed by atoms with van der Waals surface area (Å²) in [4.78, 5) is 0. The maximum atomic E-state index is 8.99. The molecule has 2 N–H and O–H groups in total. The lowest BCUT2D eigenvalue weighted by Gasteiger charge is -2.02. The molecule has 0 atom stereocenters. The SMILES string of the molecule is C=CCC1CC(O)=C(O)C1. The number of aliphatic hydroxyl groups is 2. The van der Waals surface area contributed by atoms with E-state index in [0.29, 0.717) is 18.8 Å². The molecule has 10 heavy (non-hydrogen) atoms. The summed E-state index contributed by atoms with van der Waals surface area (Å²) in [6.45, 7) is 3.59. The molecule has 0 spiro atoms. The van der Waals surface area contributed by atoms with Gasteiger partial charge in [0.1, 0.15) is 11.5 Å². The first kappa shape index (κ1) is 7.19. The molecule has 0 heterocycles. The van der Waals surface area contributed by atoms with Gasteiger partial charge in [0, 0.05) is 12.8 Å². The van der Waals surface area contributed by atoms with Crippen LogP contribution in [0.4, 0.5) is 0 Å². The van der Waals surface area contributed by atoms with Gasteiger partial charge in [-0.05, 0) is 12.3 Å². The maximum absolute atomic E-state index is 8.99. The number of rotatable bonds is 2. The minimum atomic E-state index is 0.159. The van der Waals surface area contributed by atoms with Crippen LogP contribution in [-0.2, 0) is 0 Å². The van der Waals surface area contributed by atoms with Crippen molar-refractivity contribution in [3.8, 4) is 0 Å². The molecule has 0 amide bonds. The molecule has 1 aliphatic carbocycles. The fraction of sp³-hybridized carbons (Fsp3) is 0.500. The van der Waals surface area contributed by atoms with Gasteiger partial charge >= 0.3 is 0 Å². The van der Waals surface area contributed by atoms with Crippen molar-refractivity contribution in [3.63, 3.8) is 0 Å². The van der Waals surface area contributed by atoms with Gasteiger partial charge in [-0.15, -0.1) is 6.58 Å². The zero-order valence-corrected chi connectivity index (χ0v) is 5.88. The Morgan fingerprint density at radius 1 is 1.40 bits per heavy atom. The summed E-state index contributed by atoms with van der Waals surface area (Å²) in [5.41, 5.74) is 0. The van der Waals surface area contributed by atoms with Crippen LogP contribution in [0.1, 0.15) is 19.3 Å². The van der Waals surface area contributed by atoms with Crippen molar-refractivity contribution in [1.29, 1.82) is 0 Å². The topological polar surface area (TPSA) is 40.5 Å². The van der Waals surface area contributed by atoms with Crippen LogP contribution < -0.4 is 0 Å². The van der Waals surface area contributed by atoms with Crippen molar-refractivity contribution in [1.82, 2.24) is 0 Å². The molecule has 0 radical (unpaired) electrons. The fourth-order valence-electron chi connectivity index (χ4n) is 1.26. The van der Waals surface area contributed by atoms with Gasteiger partial charge in [0.15, 0.2) is 0 Å². The zero-order valence-electron chi connectivity index (χ0n) is 5.88. The van der Waals surface area contributed by atoms with E-state index in [4.69, 9.17) is 10.2 Å². The highest BCUT2D eigenvalue weighted by molar-refractivity contribution is 5.08. The van der Waals surface area contributed by atoms with Crippen molar-refractivity contribution in [2.45, 2.75) is 19.3 Å². The molecule has 0 saturated heterocycles. The van der Waals surface area contributed by atoms with Gasteiger partial charge in [-0.1, -0.05) is 6.08 Å². The predicted octanol–water partition coefficient (Wildman–Crippen LogP) is 2.30. The van der Waals surface area contributed by atoms with Gasteiger partial charge in [-0.3, -0.25) is 0 Å². The maximum Gasteiger partial charge on any atom is 0.130 e. The van der Waals surface area contributed by atoms with E-state index in [-0.39, 0.29) is 11.5 Å².